The Morgan fingerprint density at radius 3 is 2.88 bits per heavy atom. The average Bonchev–Trinajstić information content (AvgIpc) is 3.41. The smallest absolute Gasteiger partial charge is 0.258 e. The summed E-state index contributed by atoms with van der Waals surface area (Å²) in [4.78, 5) is 4.52. The van der Waals surface area contributed by atoms with Crippen LogP contribution in [-0.4, -0.2) is 42.1 Å². The molecular formula is C23H24N4O5S. The molecule has 2 N–H and O–H groups in total. The minimum absolute atomic E-state index is 0.0601. The van der Waals surface area contributed by atoms with Crippen molar-refractivity contribution >= 4 is 10.0 Å². The third-order valence-corrected chi connectivity index (χ3v) is 6.69. The molecule has 1 aliphatic carbocycles. The molecule has 2 aromatic carbocycles. The molecule has 0 aliphatic heterocycles. The van der Waals surface area contributed by atoms with Crippen molar-refractivity contribution in [3.63, 3.8) is 0 Å². The van der Waals surface area contributed by atoms with E-state index in [1.165, 1.54) is 0 Å². The number of nitriles is 1. The molecule has 172 valence electrons. The maximum atomic E-state index is 12.1. The van der Waals surface area contributed by atoms with Gasteiger partial charge in [0.05, 0.1) is 24.0 Å². The van der Waals surface area contributed by atoms with Crippen LogP contribution in [0.1, 0.15) is 43.0 Å². The summed E-state index contributed by atoms with van der Waals surface area (Å²) in [7, 11) is -3.57. The van der Waals surface area contributed by atoms with Crippen molar-refractivity contribution in [3.05, 3.63) is 53.1 Å². The molecule has 1 heterocycles. The number of sulfonamides is 1. The number of rotatable bonds is 8. The number of hydrogen-bond acceptors (Lipinski definition) is 8. The molecule has 1 aromatic heterocycles. The van der Waals surface area contributed by atoms with Crippen LogP contribution in [0.15, 0.2) is 40.9 Å². The van der Waals surface area contributed by atoms with Gasteiger partial charge >= 0.3 is 0 Å². The van der Waals surface area contributed by atoms with Gasteiger partial charge in [-0.25, -0.2) is 13.1 Å². The van der Waals surface area contributed by atoms with E-state index in [4.69, 9.17) is 14.4 Å². The second-order valence-electron chi connectivity index (χ2n) is 8.04. The van der Waals surface area contributed by atoms with E-state index in [0.717, 1.165) is 16.7 Å². The topological polar surface area (TPSA) is 138 Å². The van der Waals surface area contributed by atoms with Gasteiger partial charge in [-0.05, 0) is 56.0 Å². The van der Waals surface area contributed by atoms with E-state index in [0.29, 0.717) is 35.5 Å². The molecule has 0 bridgehead atoms. The fraction of sp³-hybridized carbons (Fsp3) is 0.348. The second-order valence-corrected chi connectivity index (χ2v) is 9.91. The van der Waals surface area contributed by atoms with E-state index in [9.17, 15) is 13.7 Å². The molecule has 0 fully saturated rings. The number of aliphatic hydroxyl groups excluding tert-OH is 1. The number of nitrogens with one attached hydrogen (secondary N) is 1. The Morgan fingerprint density at radius 2 is 2.15 bits per heavy atom. The molecule has 4 rings (SSSR count). The van der Waals surface area contributed by atoms with E-state index in [1.807, 2.05) is 32.0 Å². The zero-order valence-corrected chi connectivity index (χ0v) is 19.1. The molecule has 9 nitrogen and oxygen atoms in total. The van der Waals surface area contributed by atoms with Gasteiger partial charge in [0, 0.05) is 17.2 Å². The largest absolute Gasteiger partial charge is 0.490 e. The summed E-state index contributed by atoms with van der Waals surface area (Å²) in [6.07, 6.45) is 1.20. The third-order valence-electron chi connectivity index (χ3n) is 5.33. The van der Waals surface area contributed by atoms with Gasteiger partial charge in [0.1, 0.15) is 11.8 Å². The minimum atomic E-state index is -3.57. The summed E-state index contributed by atoms with van der Waals surface area (Å²) in [5.41, 5.74) is 3.57. The minimum Gasteiger partial charge on any atom is -0.490 e. The van der Waals surface area contributed by atoms with Crippen LogP contribution >= 0.6 is 0 Å². The van der Waals surface area contributed by atoms with Crippen LogP contribution < -0.4 is 9.46 Å². The zero-order valence-electron chi connectivity index (χ0n) is 18.3. The quantitative estimate of drug-likeness (QED) is 0.514. The lowest BCUT2D eigenvalue weighted by molar-refractivity contribution is 0.241. The lowest BCUT2D eigenvalue weighted by atomic mass is 10.0. The Balaban J connectivity index is 1.63. The van der Waals surface area contributed by atoms with Crippen molar-refractivity contribution in [1.29, 1.82) is 5.26 Å². The molecule has 1 atom stereocenters. The fourth-order valence-electron chi connectivity index (χ4n) is 3.94. The molecule has 0 spiro atoms. The van der Waals surface area contributed by atoms with Gasteiger partial charge in [0.15, 0.2) is 0 Å². The highest BCUT2D eigenvalue weighted by Gasteiger charge is 2.29. The van der Waals surface area contributed by atoms with Crippen LogP contribution in [0.5, 0.6) is 5.75 Å². The molecule has 1 aliphatic rings. The Hall–Kier alpha value is -3.26. The highest BCUT2D eigenvalue weighted by atomic mass is 32.2. The van der Waals surface area contributed by atoms with Crippen LogP contribution in [0.25, 0.3) is 22.8 Å². The van der Waals surface area contributed by atoms with E-state index in [2.05, 4.69) is 20.9 Å². The highest BCUT2D eigenvalue weighted by molar-refractivity contribution is 7.89. The second kappa shape index (κ2) is 9.31. The average molecular weight is 469 g/mol. The Labute approximate surface area is 192 Å². The molecule has 0 unspecified atom stereocenters. The Bertz CT molecular complexity index is 1310. The number of fused-ring (bicyclic) bond motifs is 1. The SMILES string of the molecule is CC(C)Oc1ccc(-c2nc(-c3cccc4c3CC[C@H]4NS(=O)(=O)CCO)no2)cc1C#N. The van der Waals surface area contributed by atoms with Gasteiger partial charge in [-0.15, -0.1) is 0 Å². The third kappa shape index (κ3) is 4.90. The van der Waals surface area contributed by atoms with Crippen LogP contribution in [0, 0.1) is 11.3 Å². The summed E-state index contributed by atoms with van der Waals surface area (Å²) >= 11 is 0. The van der Waals surface area contributed by atoms with Crippen molar-refractivity contribution in [2.45, 2.75) is 38.8 Å². The predicted molar refractivity (Wildman–Crippen MR) is 121 cm³/mol. The number of nitrogens with zero attached hydrogens (tertiary/aromatic N) is 3. The standard InChI is InChI=1S/C23H24N4O5S/c1-14(2)31-21-9-6-15(12-16(21)13-24)23-25-22(26-32-23)19-5-3-4-18-17(19)7-8-20(18)27-33(29,30)11-10-28/h3-6,9,12,14,20,27-28H,7-8,10-11H2,1-2H3/t20-/m1/s1. The van der Waals surface area contributed by atoms with E-state index >= 15 is 0 Å². The fourth-order valence-corrected chi connectivity index (χ4v) is 4.98. The maximum Gasteiger partial charge on any atom is 0.258 e. The molecule has 0 radical (unpaired) electrons. The molecule has 33 heavy (non-hydrogen) atoms. The summed E-state index contributed by atoms with van der Waals surface area (Å²) in [5, 5.41) is 22.6. The summed E-state index contributed by atoms with van der Waals surface area (Å²) < 4.78 is 38.0. The van der Waals surface area contributed by atoms with Crippen molar-refractivity contribution in [1.82, 2.24) is 14.9 Å². The highest BCUT2D eigenvalue weighted by Crippen LogP contribution is 2.38. The first-order valence-electron chi connectivity index (χ1n) is 10.6. The number of hydrogen-bond donors (Lipinski definition) is 2. The number of ether oxygens (including phenoxy) is 1. The summed E-state index contributed by atoms with van der Waals surface area (Å²) in [6.45, 7) is 3.35. The van der Waals surface area contributed by atoms with E-state index < -0.39 is 16.6 Å². The van der Waals surface area contributed by atoms with Gasteiger partial charge in [-0.2, -0.15) is 10.2 Å². The maximum absolute atomic E-state index is 12.1. The predicted octanol–water partition coefficient (Wildman–Crippen LogP) is 2.96. The van der Waals surface area contributed by atoms with Crippen molar-refractivity contribution < 1.29 is 22.8 Å². The summed E-state index contributed by atoms with van der Waals surface area (Å²) in [6, 6.07) is 12.5. The molecule has 3 aromatic rings. The van der Waals surface area contributed by atoms with Crippen LogP contribution in [-0.2, 0) is 16.4 Å². The van der Waals surface area contributed by atoms with E-state index in [1.54, 1.807) is 18.2 Å². The monoisotopic (exact) mass is 468 g/mol. The first-order chi connectivity index (χ1) is 15.8. The Morgan fingerprint density at radius 1 is 1.33 bits per heavy atom. The lowest BCUT2D eigenvalue weighted by Crippen LogP contribution is -2.30. The number of aromatic nitrogens is 2. The number of benzene rings is 2. The normalized spacial score (nSPS) is 15.4. The van der Waals surface area contributed by atoms with Crippen molar-refractivity contribution in [2.75, 3.05) is 12.4 Å². The van der Waals surface area contributed by atoms with E-state index in [-0.39, 0.29) is 23.8 Å². The van der Waals surface area contributed by atoms with Crippen molar-refractivity contribution in [2.24, 2.45) is 0 Å². The number of aliphatic hydroxyl groups is 1. The van der Waals surface area contributed by atoms with Gasteiger partial charge < -0.3 is 14.4 Å². The van der Waals surface area contributed by atoms with Gasteiger partial charge in [0.2, 0.25) is 15.8 Å². The summed E-state index contributed by atoms with van der Waals surface area (Å²) in [5.74, 6) is 0.819. The van der Waals surface area contributed by atoms with Gasteiger partial charge in [-0.1, -0.05) is 23.4 Å². The van der Waals surface area contributed by atoms with Crippen LogP contribution in [0.2, 0.25) is 0 Å². The first kappa shape index (κ1) is 22.9. The van der Waals surface area contributed by atoms with Crippen LogP contribution in [0.3, 0.4) is 0 Å². The molecule has 0 saturated carbocycles. The first-order valence-corrected chi connectivity index (χ1v) is 12.2. The molecular weight excluding hydrogens is 444 g/mol. The van der Waals surface area contributed by atoms with Gasteiger partial charge in [0.25, 0.3) is 5.89 Å². The Kier molecular flexibility index (Phi) is 6.47. The van der Waals surface area contributed by atoms with Gasteiger partial charge in [-0.3, -0.25) is 0 Å². The van der Waals surface area contributed by atoms with Crippen LogP contribution in [0.4, 0.5) is 0 Å². The van der Waals surface area contributed by atoms with Crippen molar-refractivity contribution in [3.8, 4) is 34.7 Å². The molecule has 0 amide bonds. The molecule has 0 saturated heterocycles. The lowest BCUT2D eigenvalue weighted by Gasteiger charge is -2.14. The zero-order chi connectivity index (χ0) is 23.6. The molecule has 10 heteroatoms.